The fourth-order valence-corrected chi connectivity index (χ4v) is 2.92. The number of aliphatic hydroxyl groups is 1. The number of β-amino-alcohol motifs (C(OH)–C–C–N with tert-alkyl or cyclic N) is 1. The van der Waals surface area contributed by atoms with E-state index in [1.165, 1.54) is 11.1 Å². The molecule has 2 aliphatic rings. The van der Waals surface area contributed by atoms with Gasteiger partial charge in [-0.15, -0.1) is 24.0 Å². The Morgan fingerprint density at radius 3 is 2.77 bits per heavy atom. The van der Waals surface area contributed by atoms with Crippen molar-refractivity contribution >= 4 is 29.9 Å². The summed E-state index contributed by atoms with van der Waals surface area (Å²) in [4.78, 5) is 6.74. The number of aliphatic imine (C=N–C) groups is 1. The van der Waals surface area contributed by atoms with Crippen LogP contribution >= 0.6 is 24.0 Å². The number of nitrogens with one attached hydrogen (secondary N) is 2. The molecule has 6 heteroatoms. The summed E-state index contributed by atoms with van der Waals surface area (Å²) >= 11 is 0. The molecule has 1 saturated heterocycles. The Kier molecular flexibility index (Phi) is 6.46. The normalized spacial score (nSPS) is 24.5. The van der Waals surface area contributed by atoms with Crippen molar-refractivity contribution in [2.75, 3.05) is 19.6 Å². The van der Waals surface area contributed by atoms with E-state index in [2.05, 4.69) is 51.7 Å². The van der Waals surface area contributed by atoms with E-state index in [1.807, 2.05) is 0 Å². The van der Waals surface area contributed by atoms with Crippen LogP contribution in [0.4, 0.5) is 0 Å². The zero-order valence-electron chi connectivity index (χ0n) is 13.0. The molecule has 0 radical (unpaired) electrons. The Balaban J connectivity index is 0.00000176. The van der Waals surface area contributed by atoms with Gasteiger partial charge in [0.2, 0.25) is 0 Å². The lowest BCUT2D eigenvalue weighted by Gasteiger charge is -2.18. The molecule has 0 aromatic heterocycles. The Bertz CT molecular complexity index is 523. The van der Waals surface area contributed by atoms with Gasteiger partial charge in [-0.1, -0.05) is 24.3 Å². The van der Waals surface area contributed by atoms with Crippen molar-refractivity contribution in [2.45, 2.75) is 38.6 Å². The third-order valence-corrected chi connectivity index (χ3v) is 4.11. The predicted octanol–water partition coefficient (Wildman–Crippen LogP) is 1.31. The summed E-state index contributed by atoms with van der Waals surface area (Å²) in [6.45, 7) is 6.43. The first-order valence-corrected chi connectivity index (χ1v) is 7.73. The van der Waals surface area contributed by atoms with Crippen molar-refractivity contribution in [2.24, 2.45) is 4.99 Å². The van der Waals surface area contributed by atoms with Gasteiger partial charge >= 0.3 is 0 Å². The van der Waals surface area contributed by atoms with Crippen LogP contribution in [0.2, 0.25) is 0 Å². The molecule has 5 nitrogen and oxygen atoms in total. The quantitative estimate of drug-likeness (QED) is 0.648. The average Bonchev–Trinajstić information content (AvgIpc) is 3.07. The SMILES string of the molecule is CC1CN=C(NCc2ccccc2CN2CCC(O)C2)N1.I. The summed E-state index contributed by atoms with van der Waals surface area (Å²) < 4.78 is 0. The summed E-state index contributed by atoms with van der Waals surface area (Å²) in [7, 11) is 0. The minimum Gasteiger partial charge on any atom is -0.392 e. The van der Waals surface area contributed by atoms with Gasteiger partial charge in [0, 0.05) is 32.2 Å². The minimum atomic E-state index is -0.159. The maximum absolute atomic E-state index is 9.64. The summed E-state index contributed by atoms with van der Waals surface area (Å²) in [5.41, 5.74) is 2.62. The highest BCUT2D eigenvalue weighted by atomic mass is 127. The van der Waals surface area contributed by atoms with Crippen LogP contribution in [0.15, 0.2) is 29.3 Å². The first-order valence-electron chi connectivity index (χ1n) is 7.73. The third kappa shape index (κ3) is 4.57. The van der Waals surface area contributed by atoms with Gasteiger partial charge in [-0.05, 0) is 24.5 Å². The zero-order valence-corrected chi connectivity index (χ0v) is 15.3. The highest BCUT2D eigenvalue weighted by molar-refractivity contribution is 14.0. The van der Waals surface area contributed by atoms with Gasteiger partial charge in [0.1, 0.15) is 0 Å². The molecule has 0 amide bonds. The molecule has 2 atom stereocenters. The molecule has 3 N–H and O–H groups in total. The van der Waals surface area contributed by atoms with Crippen LogP contribution in [0.5, 0.6) is 0 Å². The van der Waals surface area contributed by atoms with Gasteiger partial charge in [0.25, 0.3) is 0 Å². The molecule has 122 valence electrons. The monoisotopic (exact) mass is 416 g/mol. The van der Waals surface area contributed by atoms with Crippen LogP contribution in [0.3, 0.4) is 0 Å². The van der Waals surface area contributed by atoms with E-state index in [-0.39, 0.29) is 30.1 Å². The van der Waals surface area contributed by atoms with Crippen LogP contribution < -0.4 is 10.6 Å². The smallest absolute Gasteiger partial charge is 0.191 e. The van der Waals surface area contributed by atoms with Crippen molar-refractivity contribution in [1.82, 2.24) is 15.5 Å². The number of guanidine groups is 1. The Hall–Kier alpha value is -0.860. The molecule has 0 saturated carbocycles. The van der Waals surface area contributed by atoms with E-state index in [4.69, 9.17) is 0 Å². The van der Waals surface area contributed by atoms with Gasteiger partial charge in [-0.3, -0.25) is 9.89 Å². The second-order valence-corrected chi connectivity index (χ2v) is 6.03. The van der Waals surface area contributed by atoms with E-state index in [0.717, 1.165) is 45.1 Å². The molecule has 0 spiro atoms. The number of aliphatic hydroxyl groups excluding tert-OH is 1. The largest absolute Gasteiger partial charge is 0.392 e. The van der Waals surface area contributed by atoms with E-state index >= 15 is 0 Å². The first kappa shape index (κ1) is 17.5. The second-order valence-electron chi connectivity index (χ2n) is 6.03. The van der Waals surface area contributed by atoms with Crippen molar-refractivity contribution in [1.29, 1.82) is 0 Å². The standard InChI is InChI=1S/C16H24N4O.HI/c1-12-8-17-16(19-12)18-9-13-4-2-3-5-14(13)10-20-7-6-15(21)11-20;/h2-5,12,15,21H,6-11H2,1H3,(H2,17,18,19);1H. The molecule has 1 aromatic rings. The lowest BCUT2D eigenvalue weighted by molar-refractivity contribution is 0.174. The Morgan fingerprint density at radius 2 is 2.14 bits per heavy atom. The molecule has 1 aromatic carbocycles. The molecular weight excluding hydrogens is 391 g/mol. The molecule has 22 heavy (non-hydrogen) atoms. The van der Waals surface area contributed by atoms with Crippen molar-refractivity contribution in [3.8, 4) is 0 Å². The van der Waals surface area contributed by atoms with E-state index in [0.29, 0.717) is 6.04 Å². The molecule has 0 aliphatic carbocycles. The topological polar surface area (TPSA) is 59.9 Å². The van der Waals surface area contributed by atoms with Gasteiger partial charge in [-0.2, -0.15) is 0 Å². The molecule has 2 unspecified atom stereocenters. The molecule has 2 heterocycles. The van der Waals surface area contributed by atoms with Gasteiger partial charge in [0.15, 0.2) is 5.96 Å². The maximum atomic E-state index is 9.64. The highest BCUT2D eigenvalue weighted by Crippen LogP contribution is 2.16. The van der Waals surface area contributed by atoms with Crippen LogP contribution in [-0.2, 0) is 13.1 Å². The Morgan fingerprint density at radius 1 is 1.36 bits per heavy atom. The molecule has 1 fully saturated rings. The summed E-state index contributed by atoms with van der Waals surface area (Å²) in [5, 5.41) is 16.3. The summed E-state index contributed by atoms with van der Waals surface area (Å²) in [6.07, 6.45) is 0.729. The van der Waals surface area contributed by atoms with E-state index < -0.39 is 0 Å². The number of rotatable bonds is 4. The molecular formula is C16H25IN4O. The highest BCUT2D eigenvalue weighted by Gasteiger charge is 2.20. The molecule has 3 rings (SSSR count). The fourth-order valence-electron chi connectivity index (χ4n) is 2.92. The van der Waals surface area contributed by atoms with Crippen molar-refractivity contribution < 1.29 is 5.11 Å². The molecule has 0 bridgehead atoms. The van der Waals surface area contributed by atoms with E-state index in [9.17, 15) is 5.11 Å². The number of benzene rings is 1. The van der Waals surface area contributed by atoms with Crippen LogP contribution in [0.25, 0.3) is 0 Å². The van der Waals surface area contributed by atoms with Crippen molar-refractivity contribution in [3.63, 3.8) is 0 Å². The first-order chi connectivity index (χ1) is 10.2. The van der Waals surface area contributed by atoms with Gasteiger partial charge in [-0.25, -0.2) is 0 Å². The van der Waals surface area contributed by atoms with Gasteiger partial charge < -0.3 is 15.7 Å². The lowest BCUT2D eigenvalue weighted by atomic mass is 10.1. The minimum absolute atomic E-state index is 0. The summed E-state index contributed by atoms with van der Waals surface area (Å²) in [5.74, 6) is 0.897. The lowest BCUT2D eigenvalue weighted by Crippen LogP contribution is -2.37. The number of halogens is 1. The summed E-state index contributed by atoms with van der Waals surface area (Å²) in [6, 6.07) is 8.92. The number of hydrogen-bond donors (Lipinski definition) is 3. The average molecular weight is 416 g/mol. The number of likely N-dealkylation sites (tertiary alicyclic amines) is 1. The predicted molar refractivity (Wildman–Crippen MR) is 99.5 cm³/mol. The Labute approximate surface area is 149 Å². The van der Waals surface area contributed by atoms with Crippen LogP contribution in [-0.4, -0.2) is 47.7 Å². The van der Waals surface area contributed by atoms with Gasteiger partial charge in [0.05, 0.1) is 12.6 Å². The van der Waals surface area contributed by atoms with Crippen LogP contribution in [0.1, 0.15) is 24.5 Å². The van der Waals surface area contributed by atoms with Crippen molar-refractivity contribution in [3.05, 3.63) is 35.4 Å². The number of hydrogen-bond acceptors (Lipinski definition) is 5. The zero-order chi connectivity index (χ0) is 14.7. The van der Waals surface area contributed by atoms with Crippen LogP contribution in [0, 0.1) is 0 Å². The second kappa shape index (κ2) is 8.12. The number of nitrogens with zero attached hydrogens (tertiary/aromatic N) is 2. The maximum Gasteiger partial charge on any atom is 0.191 e. The third-order valence-electron chi connectivity index (χ3n) is 4.11. The molecule has 2 aliphatic heterocycles. The van der Waals surface area contributed by atoms with E-state index in [1.54, 1.807) is 0 Å². The fraction of sp³-hybridized carbons (Fsp3) is 0.562.